The molecule has 106 valence electrons. The lowest BCUT2D eigenvalue weighted by Gasteiger charge is -2.42. The van der Waals surface area contributed by atoms with Crippen LogP contribution in [0.2, 0.25) is 0 Å². The molecular formula is C14H26O3S. The Bertz CT molecular complexity index is 454. The standard InChI is InChI=1S/C14H26O3S/c1-7-8-11-13(5)10(2)9-12(3,4)14(13,6)17-18(11,15)16/h10-11H,7-9H2,1-6H3. The average molecular weight is 274 g/mol. The van der Waals surface area contributed by atoms with Gasteiger partial charge in [0.05, 0.1) is 10.9 Å². The summed E-state index contributed by atoms with van der Waals surface area (Å²) in [6.45, 7) is 12.6. The Morgan fingerprint density at radius 1 is 1.22 bits per heavy atom. The lowest BCUT2D eigenvalue weighted by Crippen LogP contribution is -2.50. The van der Waals surface area contributed by atoms with E-state index in [-0.39, 0.29) is 16.1 Å². The van der Waals surface area contributed by atoms with E-state index in [1.807, 2.05) is 13.8 Å². The van der Waals surface area contributed by atoms with Crippen LogP contribution in [0.1, 0.15) is 60.8 Å². The van der Waals surface area contributed by atoms with Crippen LogP contribution >= 0.6 is 0 Å². The summed E-state index contributed by atoms with van der Waals surface area (Å²) in [5, 5.41) is -0.350. The highest BCUT2D eigenvalue weighted by molar-refractivity contribution is 7.87. The molecule has 4 atom stereocenters. The van der Waals surface area contributed by atoms with Crippen molar-refractivity contribution in [1.29, 1.82) is 0 Å². The fourth-order valence-corrected chi connectivity index (χ4v) is 7.06. The zero-order chi connectivity index (χ0) is 14.0. The van der Waals surface area contributed by atoms with Crippen molar-refractivity contribution in [2.75, 3.05) is 0 Å². The molecule has 0 N–H and O–H groups in total. The molecule has 0 aromatic carbocycles. The van der Waals surface area contributed by atoms with E-state index in [0.717, 1.165) is 12.8 Å². The molecule has 4 heteroatoms. The maximum atomic E-state index is 12.4. The van der Waals surface area contributed by atoms with Crippen LogP contribution in [0.25, 0.3) is 0 Å². The second kappa shape index (κ2) is 3.72. The molecule has 1 saturated carbocycles. The molecular weight excluding hydrogens is 248 g/mol. The van der Waals surface area contributed by atoms with Crippen LogP contribution < -0.4 is 0 Å². The second-order valence-corrected chi connectivity index (χ2v) is 8.88. The summed E-state index contributed by atoms with van der Waals surface area (Å²) in [5.74, 6) is 0.367. The van der Waals surface area contributed by atoms with Gasteiger partial charge < -0.3 is 0 Å². The van der Waals surface area contributed by atoms with Gasteiger partial charge in [0.1, 0.15) is 0 Å². The average Bonchev–Trinajstić information content (AvgIpc) is 2.44. The largest absolute Gasteiger partial charge is 0.271 e. The molecule has 4 unspecified atom stereocenters. The Morgan fingerprint density at radius 2 is 1.78 bits per heavy atom. The molecule has 2 aliphatic rings. The molecule has 1 aliphatic carbocycles. The van der Waals surface area contributed by atoms with Gasteiger partial charge in [-0.1, -0.05) is 41.0 Å². The predicted octanol–water partition coefficient (Wildman–Crippen LogP) is 3.35. The molecule has 1 aliphatic heterocycles. The van der Waals surface area contributed by atoms with Crippen molar-refractivity contribution in [3.05, 3.63) is 0 Å². The van der Waals surface area contributed by atoms with Gasteiger partial charge in [0.25, 0.3) is 10.1 Å². The molecule has 0 aromatic rings. The molecule has 1 saturated heterocycles. The molecule has 0 aromatic heterocycles. The van der Waals surface area contributed by atoms with Gasteiger partial charge in [-0.3, -0.25) is 4.18 Å². The lowest BCUT2D eigenvalue weighted by molar-refractivity contribution is -0.0530. The first-order valence-corrected chi connectivity index (χ1v) is 8.44. The highest BCUT2D eigenvalue weighted by Gasteiger charge is 2.74. The first-order valence-electron chi connectivity index (χ1n) is 6.97. The lowest BCUT2D eigenvalue weighted by atomic mass is 9.64. The van der Waals surface area contributed by atoms with E-state index in [1.165, 1.54) is 0 Å². The van der Waals surface area contributed by atoms with E-state index in [2.05, 4.69) is 27.7 Å². The third kappa shape index (κ3) is 1.42. The molecule has 18 heavy (non-hydrogen) atoms. The van der Waals surface area contributed by atoms with Gasteiger partial charge in [0.15, 0.2) is 0 Å². The van der Waals surface area contributed by atoms with Crippen LogP contribution in [0.3, 0.4) is 0 Å². The van der Waals surface area contributed by atoms with Crippen molar-refractivity contribution < 1.29 is 12.6 Å². The first-order chi connectivity index (χ1) is 8.03. The second-order valence-electron chi connectivity index (χ2n) is 7.16. The Labute approximate surface area is 111 Å². The summed E-state index contributed by atoms with van der Waals surface area (Å²) in [5.41, 5.74) is -0.944. The van der Waals surface area contributed by atoms with E-state index in [9.17, 15) is 8.42 Å². The summed E-state index contributed by atoms with van der Waals surface area (Å²) < 4.78 is 30.5. The summed E-state index contributed by atoms with van der Waals surface area (Å²) in [6.07, 6.45) is 2.61. The molecule has 1 heterocycles. The minimum atomic E-state index is -3.43. The molecule has 2 fully saturated rings. The van der Waals surface area contributed by atoms with Crippen molar-refractivity contribution in [3.63, 3.8) is 0 Å². The molecule has 0 spiro atoms. The topological polar surface area (TPSA) is 43.4 Å². The highest BCUT2D eigenvalue weighted by atomic mass is 32.2. The number of rotatable bonds is 2. The fourth-order valence-electron chi connectivity index (χ4n) is 4.50. The summed E-state index contributed by atoms with van der Waals surface area (Å²) in [7, 11) is -3.43. The Kier molecular flexibility index (Phi) is 2.96. The SMILES string of the molecule is CCCC1C2(C)C(C)CC(C)(C)C2(C)OS1(=O)=O. The van der Waals surface area contributed by atoms with Crippen molar-refractivity contribution in [2.45, 2.75) is 71.7 Å². The zero-order valence-corrected chi connectivity index (χ0v) is 13.2. The molecule has 0 bridgehead atoms. The summed E-state index contributed by atoms with van der Waals surface area (Å²) >= 11 is 0. The van der Waals surface area contributed by atoms with Crippen LogP contribution in [0.15, 0.2) is 0 Å². The quantitative estimate of drug-likeness (QED) is 0.725. The maximum Gasteiger partial charge on any atom is 0.271 e. The van der Waals surface area contributed by atoms with Gasteiger partial charge in [-0.2, -0.15) is 8.42 Å². The third-order valence-corrected chi connectivity index (χ3v) is 8.00. The molecule has 2 rings (SSSR count). The van der Waals surface area contributed by atoms with Crippen LogP contribution in [0.5, 0.6) is 0 Å². The minimum absolute atomic E-state index is 0.100. The minimum Gasteiger partial charge on any atom is -0.262 e. The summed E-state index contributed by atoms with van der Waals surface area (Å²) in [6, 6.07) is 0. The normalized spacial score (nSPS) is 49.2. The van der Waals surface area contributed by atoms with Gasteiger partial charge >= 0.3 is 0 Å². The Balaban J connectivity index is 2.61. The first kappa shape index (κ1) is 14.3. The third-order valence-electron chi connectivity index (χ3n) is 6.01. The predicted molar refractivity (Wildman–Crippen MR) is 72.8 cm³/mol. The van der Waals surface area contributed by atoms with Gasteiger partial charge in [-0.25, -0.2) is 0 Å². The van der Waals surface area contributed by atoms with E-state index in [1.54, 1.807) is 0 Å². The van der Waals surface area contributed by atoms with E-state index < -0.39 is 15.7 Å². The maximum absolute atomic E-state index is 12.4. The van der Waals surface area contributed by atoms with Gasteiger partial charge in [0.2, 0.25) is 0 Å². The van der Waals surface area contributed by atoms with E-state index in [0.29, 0.717) is 12.3 Å². The van der Waals surface area contributed by atoms with Crippen molar-refractivity contribution >= 4 is 10.1 Å². The monoisotopic (exact) mass is 274 g/mol. The van der Waals surface area contributed by atoms with Crippen LogP contribution in [-0.4, -0.2) is 19.3 Å². The number of fused-ring (bicyclic) bond motifs is 1. The Hall–Kier alpha value is -0.0900. The van der Waals surface area contributed by atoms with Gasteiger partial charge in [-0.15, -0.1) is 0 Å². The summed E-state index contributed by atoms with van der Waals surface area (Å²) in [4.78, 5) is 0. The van der Waals surface area contributed by atoms with E-state index in [4.69, 9.17) is 4.18 Å². The molecule has 3 nitrogen and oxygen atoms in total. The van der Waals surface area contributed by atoms with Crippen LogP contribution in [0.4, 0.5) is 0 Å². The highest BCUT2D eigenvalue weighted by Crippen LogP contribution is 2.68. The van der Waals surface area contributed by atoms with Crippen molar-refractivity contribution in [2.24, 2.45) is 16.7 Å². The zero-order valence-electron chi connectivity index (χ0n) is 12.4. The number of hydrogen-bond donors (Lipinski definition) is 0. The van der Waals surface area contributed by atoms with E-state index >= 15 is 0 Å². The molecule has 0 radical (unpaired) electrons. The Morgan fingerprint density at radius 3 is 2.28 bits per heavy atom. The molecule has 0 amide bonds. The smallest absolute Gasteiger partial charge is 0.262 e. The fraction of sp³-hybridized carbons (Fsp3) is 1.00. The number of hydrogen-bond acceptors (Lipinski definition) is 3. The van der Waals surface area contributed by atoms with Crippen LogP contribution in [-0.2, 0) is 14.3 Å². The van der Waals surface area contributed by atoms with Crippen molar-refractivity contribution in [1.82, 2.24) is 0 Å². The van der Waals surface area contributed by atoms with Crippen LogP contribution in [0, 0.1) is 16.7 Å². The van der Waals surface area contributed by atoms with Gasteiger partial charge in [-0.05, 0) is 31.1 Å². The van der Waals surface area contributed by atoms with Gasteiger partial charge in [0, 0.05) is 5.41 Å². The van der Waals surface area contributed by atoms with Crippen molar-refractivity contribution in [3.8, 4) is 0 Å².